The lowest BCUT2D eigenvalue weighted by Gasteiger charge is -2.18. The van der Waals surface area contributed by atoms with Gasteiger partial charge in [-0.25, -0.2) is 5.43 Å². The lowest BCUT2D eigenvalue weighted by Crippen LogP contribution is -2.33. The molecule has 2 aromatic rings. The maximum absolute atomic E-state index is 12.1. The highest BCUT2D eigenvalue weighted by molar-refractivity contribution is 6.02. The van der Waals surface area contributed by atoms with Crippen molar-refractivity contribution in [2.45, 2.75) is 13.8 Å². The number of anilines is 1. The summed E-state index contributed by atoms with van der Waals surface area (Å²) in [5.74, 6) is 0.0926. The standard InChI is InChI=1S/C19H23N3O/c1-15(2)19(16-10-6-4-7-11-16)21-20-18(23)14-22(3)17-12-8-5-9-13-17/h4-13,15H,14H2,1-3H3,(H,20,23). The number of nitrogens with one attached hydrogen (secondary N) is 1. The van der Waals surface area contributed by atoms with Crippen LogP contribution in [0.3, 0.4) is 0 Å². The molecule has 2 aromatic carbocycles. The number of carbonyl (C=O) groups is 1. The average Bonchev–Trinajstić information content (AvgIpc) is 2.56. The Morgan fingerprint density at radius 2 is 1.61 bits per heavy atom. The zero-order valence-corrected chi connectivity index (χ0v) is 13.9. The van der Waals surface area contributed by atoms with E-state index in [9.17, 15) is 4.79 Å². The van der Waals surface area contributed by atoms with Crippen molar-refractivity contribution >= 4 is 17.3 Å². The minimum Gasteiger partial charge on any atom is -0.365 e. The first-order valence-corrected chi connectivity index (χ1v) is 7.76. The summed E-state index contributed by atoms with van der Waals surface area (Å²) in [7, 11) is 1.89. The molecule has 120 valence electrons. The second-order valence-electron chi connectivity index (χ2n) is 5.74. The van der Waals surface area contributed by atoms with E-state index < -0.39 is 0 Å². The Bertz CT molecular complexity index is 651. The topological polar surface area (TPSA) is 44.7 Å². The zero-order valence-electron chi connectivity index (χ0n) is 13.9. The highest BCUT2D eigenvalue weighted by Crippen LogP contribution is 2.11. The first-order chi connectivity index (χ1) is 11.1. The molecule has 2 rings (SSSR count). The molecule has 0 saturated heterocycles. The fourth-order valence-electron chi connectivity index (χ4n) is 2.28. The molecule has 0 aliphatic rings. The molecular formula is C19H23N3O. The fourth-order valence-corrected chi connectivity index (χ4v) is 2.28. The minimum absolute atomic E-state index is 0.134. The second kappa shape index (κ2) is 8.13. The number of para-hydroxylation sites is 1. The Hall–Kier alpha value is -2.62. The molecule has 0 atom stereocenters. The second-order valence-corrected chi connectivity index (χ2v) is 5.74. The predicted molar refractivity (Wildman–Crippen MR) is 95.7 cm³/mol. The Kier molecular flexibility index (Phi) is 5.92. The van der Waals surface area contributed by atoms with Crippen LogP contribution in [0.2, 0.25) is 0 Å². The van der Waals surface area contributed by atoms with Crippen molar-refractivity contribution in [1.82, 2.24) is 5.43 Å². The van der Waals surface area contributed by atoms with Gasteiger partial charge in [0.25, 0.3) is 5.91 Å². The van der Waals surface area contributed by atoms with Gasteiger partial charge < -0.3 is 4.90 Å². The predicted octanol–water partition coefficient (Wildman–Crippen LogP) is 3.30. The first-order valence-electron chi connectivity index (χ1n) is 7.76. The summed E-state index contributed by atoms with van der Waals surface area (Å²) in [5.41, 5.74) is 5.57. The Labute approximate surface area is 137 Å². The molecule has 23 heavy (non-hydrogen) atoms. The van der Waals surface area contributed by atoms with Gasteiger partial charge in [0.05, 0.1) is 12.3 Å². The maximum Gasteiger partial charge on any atom is 0.259 e. The highest BCUT2D eigenvalue weighted by Gasteiger charge is 2.10. The van der Waals surface area contributed by atoms with E-state index in [0.717, 1.165) is 17.0 Å². The van der Waals surface area contributed by atoms with Crippen molar-refractivity contribution < 1.29 is 4.79 Å². The largest absolute Gasteiger partial charge is 0.365 e. The number of likely N-dealkylation sites (N-methyl/N-ethyl adjacent to an activating group) is 1. The van der Waals surface area contributed by atoms with Crippen LogP contribution in [-0.4, -0.2) is 25.2 Å². The van der Waals surface area contributed by atoms with Crippen LogP contribution in [0.4, 0.5) is 5.69 Å². The zero-order chi connectivity index (χ0) is 16.7. The first kappa shape index (κ1) is 16.7. The quantitative estimate of drug-likeness (QED) is 0.657. The van der Waals surface area contributed by atoms with Crippen molar-refractivity contribution in [3.05, 3.63) is 66.2 Å². The molecule has 1 N–H and O–H groups in total. The number of rotatable bonds is 6. The number of hydrazone groups is 1. The molecule has 0 aliphatic carbocycles. The Morgan fingerprint density at radius 3 is 2.17 bits per heavy atom. The summed E-state index contributed by atoms with van der Waals surface area (Å²) in [5, 5.41) is 4.33. The van der Waals surface area contributed by atoms with Crippen LogP contribution in [-0.2, 0) is 4.79 Å². The molecule has 0 heterocycles. The van der Waals surface area contributed by atoms with Crippen LogP contribution in [0.5, 0.6) is 0 Å². The fraction of sp³-hybridized carbons (Fsp3) is 0.263. The maximum atomic E-state index is 12.1. The smallest absolute Gasteiger partial charge is 0.259 e. The lowest BCUT2D eigenvalue weighted by atomic mass is 10.0. The summed E-state index contributed by atoms with van der Waals surface area (Å²) < 4.78 is 0. The number of hydrogen-bond acceptors (Lipinski definition) is 3. The third-order valence-corrected chi connectivity index (χ3v) is 3.50. The monoisotopic (exact) mass is 309 g/mol. The van der Waals surface area contributed by atoms with Crippen molar-refractivity contribution in [3.63, 3.8) is 0 Å². The number of carbonyl (C=O) groups excluding carboxylic acids is 1. The van der Waals surface area contributed by atoms with E-state index in [1.165, 1.54) is 0 Å². The van der Waals surface area contributed by atoms with E-state index in [1.54, 1.807) is 0 Å². The molecule has 0 radical (unpaired) electrons. The molecule has 0 saturated carbocycles. The molecular weight excluding hydrogens is 286 g/mol. The van der Waals surface area contributed by atoms with Crippen LogP contribution >= 0.6 is 0 Å². The van der Waals surface area contributed by atoms with Crippen LogP contribution in [0, 0.1) is 5.92 Å². The van der Waals surface area contributed by atoms with E-state index in [1.807, 2.05) is 72.6 Å². The molecule has 4 heteroatoms. The van der Waals surface area contributed by atoms with Gasteiger partial charge in [-0.2, -0.15) is 5.10 Å². The van der Waals surface area contributed by atoms with E-state index in [-0.39, 0.29) is 18.4 Å². The molecule has 0 fully saturated rings. The summed E-state index contributed by atoms with van der Waals surface area (Å²) >= 11 is 0. The number of amides is 1. The third-order valence-electron chi connectivity index (χ3n) is 3.50. The van der Waals surface area contributed by atoms with Gasteiger partial charge >= 0.3 is 0 Å². The molecule has 0 bridgehead atoms. The van der Waals surface area contributed by atoms with E-state index in [4.69, 9.17) is 0 Å². The summed E-state index contributed by atoms with van der Waals surface area (Å²) in [4.78, 5) is 14.0. The lowest BCUT2D eigenvalue weighted by molar-refractivity contribution is -0.119. The normalized spacial score (nSPS) is 11.4. The van der Waals surface area contributed by atoms with Crippen molar-refractivity contribution in [2.24, 2.45) is 11.0 Å². The van der Waals surface area contributed by atoms with Gasteiger partial charge in [-0.15, -0.1) is 0 Å². The third kappa shape index (κ3) is 4.95. The molecule has 0 aromatic heterocycles. The van der Waals surface area contributed by atoms with Gasteiger partial charge in [0.1, 0.15) is 0 Å². The van der Waals surface area contributed by atoms with Gasteiger partial charge in [0.15, 0.2) is 0 Å². The SMILES string of the molecule is CC(C)C(=NNC(=O)CN(C)c1ccccc1)c1ccccc1. The number of hydrogen-bond donors (Lipinski definition) is 1. The molecule has 0 spiro atoms. The molecule has 0 unspecified atom stereocenters. The molecule has 1 amide bonds. The summed E-state index contributed by atoms with van der Waals surface area (Å²) in [6.45, 7) is 4.38. The summed E-state index contributed by atoms with van der Waals surface area (Å²) in [6.07, 6.45) is 0. The van der Waals surface area contributed by atoms with E-state index >= 15 is 0 Å². The van der Waals surface area contributed by atoms with E-state index in [2.05, 4.69) is 24.4 Å². The Morgan fingerprint density at radius 1 is 1.04 bits per heavy atom. The highest BCUT2D eigenvalue weighted by atomic mass is 16.2. The van der Waals surface area contributed by atoms with Gasteiger partial charge in [-0.3, -0.25) is 4.79 Å². The van der Waals surface area contributed by atoms with Gasteiger partial charge in [0.2, 0.25) is 0 Å². The van der Waals surface area contributed by atoms with Crippen LogP contribution < -0.4 is 10.3 Å². The number of nitrogens with zero attached hydrogens (tertiary/aromatic N) is 2. The summed E-state index contributed by atoms with van der Waals surface area (Å²) in [6, 6.07) is 19.7. The van der Waals surface area contributed by atoms with Gasteiger partial charge in [0, 0.05) is 12.7 Å². The van der Waals surface area contributed by atoms with Crippen LogP contribution in [0.25, 0.3) is 0 Å². The van der Waals surface area contributed by atoms with Crippen molar-refractivity contribution in [3.8, 4) is 0 Å². The van der Waals surface area contributed by atoms with E-state index in [0.29, 0.717) is 0 Å². The number of benzene rings is 2. The van der Waals surface area contributed by atoms with Gasteiger partial charge in [-0.1, -0.05) is 62.4 Å². The van der Waals surface area contributed by atoms with Crippen molar-refractivity contribution in [2.75, 3.05) is 18.5 Å². The Balaban J connectivity index is 2.01. The van der Waals surface area contributed by atoms with Crippen LogP contribution in [0.1, 0.15) is 19.4 Å². The molecule has 0 aliphatic heterocycles. The van der Waals surface area contributed by atoms with Crippen molar-refractivity contribution in [1.29, 1.82) is 0 Å². The average molecular weight is 309 g/mol. The van der Waals surface area contributed by atoms with Gasteiger partial charge in [-0.05, 0) is 23.6 Å². The molecule has 4 nitrogen and oxygen atoms in total. The van der Waals surface area contributed by atoms with Crippen LogP contribution in [0.15, 0.2) is 65.8 Å². The minimum atomic E-state index is -0.134.